The summed E-state index contributed by atoms with van der Waals surface area (Å²) >= 11 is 0. The lowest BCUT2D eigenvalue weighted by molar-refractivity contribution is 0.666. The van der Waals surface area contributed by atoms with Crippen LogP contribution in [0, 0.1) is 0 Å². The van der Waals surface area contributed by atoms with E-state index in [1.165, 1.54) is 5.39 Å². The van der Waals surface area contributed by atoms with Crippen LogP contribution in [0.3, 0.4) is 0 Å². The summed E-state index contributed by atoms with van der Waals surface area (Å²) in [5, 5.41) is 5.50. The second kappa shape index (κ2) is 9.08. The summed E-state index contributed by atoms with van der Waals surface area (Å²) < 4.78 is 10.8. The van der Waals surface area contributed by atoms with E-state index in [4.69, 9.17) is 14.4 Å². The zero-order valence-corrected chi connectivity index (χ0v) is 23.8. The first-order valence-corrected chi connectivity index (χ1v) is 14.8. The van der Waals surface area contributed by atoms with Crippen LogP contribution in [0.1, 0.15) is 0 Å². The van der Waals surface area contributed by atoms with Crippen LogP contribution in [0.5, 0.6) is 0 Å². The molecule has 5 aromatic heterocycles. The van der Waals surface area contributed by atoms with Crippen molar-refractivity contribution in [1.82, 2.24) is 29.1 Å². The van der Waals surface area contributed by atoms with Gasteiger partial charge in [-0.1, -0.05) is 84.9 Å². The number of nitrogens with zero attached hydrogens (tertiary/aromatic N) is 6. The fourth-order valence-electron chi connectivity index (χ4n) is 6.85. The smallest absolute Gasteiger partial charge is 0.236 e. The molecular formula is C38H22N6O. The highest BCUT2D eigenvalue weighted by molar-refractivity contribution is 6.26. The van der Waals surface area contributed by atoms with Crippen molar-refractivity contribution >= 4 is 65.7 Å². The van der Waals surface area contributed by atoms with Crippen LogP contribution < -0.4 is 0 Å². The summed E-state index contributed by atoms with van der Waals surface area (Å²) in [4.78, 5) is 19.3. The van der Waals surface area contributed by atoms with Crippen LogP contribution in [0.15, 0.2) is 138 Å². The molecule has 0 amide bonds. The maximum Gasteiger partial charge on any atom is 0.236 e. The zero-order valence-electron chi connectivity index (χ0n) is 23.8. The summed E-state index contributed by atoms with van der Waals surface area (Å²) in [6.45, 7) is 0. The van der Waals surface area contributed by atoms with Crippen LogP contribution in [-0.4, -0.2) is 29.1 Å². The molecule has 0 bridgehead atoms. The van der Waals surface area contributed by atoms with Crippen molar-refractivity contribution in [3.8, 4) is 23.0 Å². The molecule has 0 atom stereocenters. The van der Waals surface area contributed by atoms with Gasteiger partial charge >= 0.3 is 0 Å². The molecule has 5 heterocycles. The van der Waals surface area contributed by atoms with Crippen molar-refractivity contribution in [2.75, 3.05) is 0 Å². The first-order chi connectivity index (χ1) is 22.3. The summed E-state index contributed by atoms with van der Waals surface area (Å²) in [6, 6.07) is 41.5. The molecule has 0 radical (unpaired) electrons. The number of rotatable bonds is 3. The average molecular weight is 579 g/mol. The fourth-order valence-corrected chi connectivity index (χ4v) is 6.85. The Morgan fingerprint density at radius 2 is 1.29 bits per heavy atom. The molecule has 10 rings (SSSR count). The minimum absolute atomic E-state index is 0.586. The van der Waals surface area contributed by atoms with Gasteiger partial charge in [-0.2, -0.15) is 0 Å². The monoisotopic (exact) mass is 578 g/mol. The molecule has 0 saturated heterocycles. The van der Waals surface area contributed by atoms with Gasteiger partial charge in [0.25, 0.3) is 0 Å². The van der Waals surface area contributed by atoms with Crippen LogP contribution >= 0.6 is 0 Å². The highest BCUT2D eigenvalue weighted by Gasteiger charge is 2.24. The quantitative estimate of drug-likeness (QED) is 0.209. The van der Waals surface area contributed by atoms with E-state index in [9.17, 15) is 0 Å². The Labute approximate surface area is 255 Å². The minimum atomic E-state index is 0.586. The molecule has 7 heteroatoms. The van der Waals surface area contributed by atoms with Gasteiger partial charge in [0.05, 0.1) is 22.1 Å². The maximum absolute atomic E-state index is 6.39. The van der Waals surface area contributed by atoms with Gasteiger partial charge in [-0.3, -0.25) is 9.13 Å². The Hall–Kier alpha value is -6.34. The predicted molar refractivity (Wildman–Crippen MR) is 179 cm³/mol. The van der Waals surface area contributed by atoms with E-state index in [1.807, 2.05) is 42.5 Å². The van der Waals surface area contributed by atoms with Gasteiger partial charge in [0.15, 0.2) is 5.58 Å². The van der Waals surface area contributed by atoms with Crippen molar-refractivity contribution in [3.63, 3.8) is 0 Å². The third-order valence-electron chi connectivity index (χ3n) is 8.72. The lowest BCUT2D eigenvalue weighted by Crippen LogP contribution is -2.03. The van der Waals surface area contributed by atoms with Crippen LogP contribution in [0.4, 0.5) is 0 Å². The lowest BCUT2D eigenvalue weighted by Gasteiger charge is -2.10. The third-order valence-corrected chi connectivity index (χ3v) is 8.72. The molecule has 5 aromatic carbocycles. The first kappa shape index (κ1) is 24.1. The Kier molecular flexibility index (Phi) is 4.87. The van der Waals surface area contributed by atoms with Crippen LogP contribution in [0.25, 0.3) is 88.7 Å². The number of hydrogen-bond acceptors (Lipinski definition) is 5. The Morgan fingerprint density at radius 1 is 0.556 bits per heavy atom. The Balaban J connectivity index is 1.39. The normalized spacial score (nSPS) is 12.0. The summed E-state index contributed by atoms with van der Waals surface area (Å²) in [5.74, 6) is 1.40. The molecule has 45 heavy (non-hydrogen) atoms. The molecule has 0 saturated carbocycles. The molecule has 0 aliphatic heterocycles. The van der Waals surface area contributed by atoms with Gasteiger partial charge in [0, 0.05) is 38.7 Å². The molecule has 0 aliphatic carbocycles. The standard InChI is InChI=1S/C38H22N6O/c1-2-10-23(11-3-1)34-37-35(27-14-6-9-17-31(27)45-37)42-38(41-34)43-29-16-8-5-13-26(29)33-30(43)19-18-25-24-12-4-7-15-28(24)44(36(25)33)32-20-21-39-22-40-32/h1-22H. The molecular weight excluding hydrogens is 556 g/mol. The van der Waals surface area contributed by atoms with Crippen molar-refractivity contribution in [2.45, 2.75) is 0 Å². The van der Waals surface area contributed by atoms with Gasteiger partial charge in [0.1, 0.15) is 28.9 Å². The molecule has 0 fully saturated rings. The Bertz CT molecular complexity index is 2760. The molecule has 0 aliphatic rings. The maximum atomic E-state index is 6.39. The molecule has 10 aromatic rings. The van der Waals surface area contributed by atoms with Crippen molar-refractivity contribution < 1.29 is 4.42 Å². The number of hydrogen-bond donors (Lipinski definition) is 0. The molecule has 7 nitrogen and oxygen atoms in total. The number of para-hydroxylation sites is 3. The van der Waals surface area contributed by atoms with E-state index in [1.54, 1.807) is 12.5 Å². The summed E-state index contributed by atoms with van der Waals surface area (Å²) in [5.41, 5.74) is 8.18. The number of furan rings is 1. The van der Waals surface area contributed by atoms with Crippen molar-refractivity contribution in [1.29, 1.82) is 0 Å². The molecule has 0 N–H and O–H groups in total. The van der Waals surface area contributed by atoms with Crippen LogP contribution in [0.2, 0.25) is 0 Å². The number of fused-ring (bicyclic) bond motifs is 10. The summed E-state index contributed by atoms with van der Waals surface area (Å²) in [7, 11) is 0. The molecule has 0 unspecified atom stereocenters. The second-order valence-electron chi connectivity index (χ2n) is 11.1. The van der Waals surface area contributed by atoms with Gasteiger partial charge in [-0.15, -0.1) is 0 Å². The van der Waals surface area contributed by atoms with Crippen molar-refractivity contribution in [3.05, 3.63) is 134 Å². The topological polar surface area (TPSA) is 74.6 Å². The van der Waals surface area contributed by atoms with Crippen molar-refractivity contribution in [2.24, 2.45) is 0 Å². The zero-order chi connectivity index (χ0) is 29.5. The SMILES string of the molecule is c1ccc(-c2nc(-n3c4ccccc4c4c3ccc3c5ccccc5n(-c5ccncn5)c34)nc3c2oc2ccccc23)cc1. The number of benzene rings is 5. The summed E-state index contributed by atoms with van der Waals surface area (Å²) in [6.07, 6.45) is 3.39. The van der Waals surface area contributed by atoms with E-state index in [0.29, 0.717) is 11.5 Å². The molecule has 210 valence electrons. The van der Waals surface area contributed by atoms with Gasteiger partial charge in [-0.25, -0.2) is 19.9 Å². The third kappa shape index (κ3) is 3.34. The second-order valence-corrected chi connectivity index (χ2v) is 11.1. The minimum Gasteiger partial charge on any atom is -0.452 e. The van der Waals surface area contributed by atoms with E-state index >= 15 is 0 Å². The number of aromatic nitrogens is 6. The van der Waals surface area contributed by atoms with E-state index < -0.39 is 0 Å². The van der Waals surface area contributed by atoms with E-state index in [0.717, 1.165) is 71.8 Å². The van der Waals surface area contributed by atoms with Gasteiger partial charge in [-0.05, 0) is 36.4 Å². The highest BCUT2D eigenvalue weighted by Crippen LogP contribution is 2.42. The Morgan fingerprint density at radius 3 is 2.11 bits per heavy atom. The van der Waals surface area contributed by atoms with E-state index in [2.05, 4.69) is 98.0 Å². The van der Waals surface area contributed by atoms with Gasteiger partial charge in [0.2, 0.25) is 5.95 Å². The fraction of sp³-hybridized carbons (Fsp3) is 0. The van der Waals surface area contributed by atoms with Gasteiger partial charge < -0.3 is 4.42 Å². The predicted octanol–water partition coefficient (Wildman–Crippen LogP) is 9.03. The van der Waals surface area contributed by atoms with E-state index in [-0.39, 0.29) is 0 Å². The largest absolute Gasteiger partial charge is 0.452 e. The average Bonchev–Trinajstić information content (AvgIpc) is 3.76. The lowest BCUT2D eigenvalue weighted by atomic mass is 10.1. The molecule has 0 spiro atoms. The first-order valence-electron chi connectivity index (χ1n) is 14.8. The van der Waals surface area contributed by atoms with Crippen LogP contribution in [-0.2, 0) is 0 Å². The highest BCUT2D eigenvalue weighted by atomic mass is 16.3.